The predicted octanol–water partition coefficient (Wildman–Crippen LogP) is 13.2. The number of hydrogen-bond donors (Lipinski definition) is 0. The van der Waals surface area contributed by atoms with Gasteiger partial charge in [0.05, 0.1) is 22.4 Å². The summed E-state index contributed by atoms with van der Waals surface area (Å²) in [4.78, 5) is 15.9. The highest BCUT2D eigenvalue weighted by molar-refractivity contribution is 7.19. The van der Waals surface area contributed by atoms with Crippen LogP contribution < -0.4 is 10.4 Å². The molecule has 7 rings (SSSR count). The van der Waals surface area contributed by atoms with E-state index in [9.17, 15) is 0 Å². The standard InChI is InChI=1S/C46H54N2S2Si/c1-7-11-13-15-27-51(28-16-14-12-8-2)43-29-31(5)17-20-34(43)35-21-19-33(30-44(35)51)40-25-26-42(50-40)37-23-22-36(41-24-18-32(6)49-41)45-46(37)48-39(10-4)38(9-3)47-45/h17-26,29-30H,7-16,27-28H2,1-6H3. The van der Waals surface area contributed by atoms with Gasteiger partial charge in [0.25, 0.3) is 0 Å². The number of fused-ring (bicyclic) bond motifs is 4. The normalized spacial score (nSPS) is 13.2. The van der Waals surface area contributed by atoms with Crippen molar-refractivity contribution in [3.05, 3.63) is 94.6 Å². The highest BCUT2D eigenvalue weighted by atomic mass is 32.1. The van der Waals surface area contributed by atoms with Crippen molar-refractivity contribution in [2.75, 3.05) is 0 Å². The van der Waals surface area contributed by atoms with Crippen LogP contribution in [0, 0.1) is 13.8 Å². The summed E-state index contributed by atoms with van der Waals surface area (Å²) in [6.45, 7) is 13.5. The van der Waals surface area contributed by atoms with Gasteiger partial charge in [0.1, 0.15) is 8.07 Å². The van der Waals surface area contributed by atoms with Crippen molar-refractivity contribution in [3.8, 4) is 42.4 Å². The lowest BCUT2D eigenvalue weighted by Crippen LogP contribution is -2.55. The molecule has 0 amide bonds. The lowest BCUT2D eigenvalue weighted by Gasteiger charge is -2.31. The second-order valence-corrected chi connectivity index (χ2v) is 21.4. The van der Waals surface area contributed by atoms with E-state index in [1.54, 1.807) is 10.4 Å². The van der Waals surface area contributed by atoms with Gasteiger partial charge in [-0.3, -0.25) is 0 Å². The van der Waals surface area contributed by atoms with E-state index in [0.717, 1.165) is 35.3 Å². The molecule has 1 aliphatic heterocycles. The molecular formula is C46H54N2S2Si. The smallest absolute Gasteiger partial charge is 0.119 e. The molecule has 0 saturated carbocycles. The van der Waals surface area contributed by atoms with E-state index in [4.69, 9.17) is 9.97 Å². The van der Waals surface area contributed by atoms with Crippen molar-refractivity contribution in [2.24, 2.45) is 0 Å². The largest absolute Gasteiger partial charge is 0.249 e. The zero-order valence-corrected chi connectivity index (χ0v) is 34.3. The molecule has 0 N–H and O–H groups in total. The van der Waals surface area contributed by atoms with Crippen molar-refractivity contribution < 1.29 is 0 Å². The van der Waals surface area contributed by atoms with E-state index >= 15 is 0 Å². The summed E-state index contributed by atoms with van der Waals surface area (Å²) >= 11 is 3.75. The molecule has 264 valence electrons. The van der Waals surface area contributed by atoms with Crippen LogP contribution in [0.25, 0.3) is 53.5 Å². The molecule has 0 fully saturated rings. The Morgan fingerprint density at radius 2 is 1.04 bits per heavy atom. The molecule has 0 unspecified atom stereocenters. The van der Waals surface area contributed by atoms with E-state index in [1.807, 2.05) is 22.7 Å². The summed E-state index contributed by atoms with van der Waals surface area (Å²) in [5.41, 5.74) is 12.5. The molecule has 0 atom stereocenters. The van der Waals surface area contributed by atoms with E-state index in [2.05, 4.69) is 114 Å². The minimum Gasteiger partial charge on any atom is -0.249 e. The average Bonchev–Trinajstić information content (AvgIpc) is 3.88. The van der Waals surface area contributed by atoms with Gasteiger partial charge in [0, 0.05) is 30.6 Å². The molecule has 6 aromatic rings. The number of thiophene rings is 2. The van der Waals surface area contributed by atoms with Crippen molar-refractivity contribution >= 4 is 52.2 Å². The van der Waals surface area contributed by atoms with Gasteiger partial charge in [-0.2, -0.15) is 0 Å². The summed E-state index contributed by atoms with van der Waals surface area (Å²) in [6, 6.07) is 31.4. The highest BCUT2D eigenvalue weighted by Crippen LogP contribution is 2.43. The number of unbranched alkanes of at least 4 members (excludes halogenated alkanes) is 6. The summed E-state index contributed by atoms with van der Waals surface area (Å²) in [6.07, 6.45) is 12.5. The fourth-order valence-electron chi connectivity index (χ4n) is 8.52. The zero-order valence-electron chi connectivity index (χ0n) is 31.6. The van der Waals surface area contributed by atoms with Gasteiger partial charge < -0.3 is 0 Å². The maximum Gasteiger partial charge on any atom is 0.119 e. The maximum atomic E-state index is 5.35. The second kappa shape index (κ2) is 15.7. The number of nitrogens with zero attached hydrogens (tertiary/aromatic N) is 2. The molecule has 0 bridgehead atoms. The lowest BCUT2D eigenvalue weighted by molar-refractivity contribution is 0.684. The van der Waals surface area contributed by atoms with Gasteiger partial charge in [-0.1, -0.05) is 133 Å². The minimum atomic E-state index is -1.93. The predicted molar refractivity (Wildman–Crippen MR) is 228 cm³/mol. The van der Waals surface area contributed by atoms with Crippen LogP contribution in [0.1, 0.15) is 101 Å². The summed E-state index contributed by atoms with van der Waals surface area (Å²) < 4.78 is 0. The van der Waals surface area contributed by atoms with Crippen molar-refractivity contribution in [1.29, 1.82) is 0 Å². The third kappa shape index (κ3) is 6.94. The molecule has 0 spiro atoms. The van der Waals surface area contributed by atoms with Gasteiger partial charge in [0.2, 0.25) is 0 Å². The Kier molecular flexibility index (Phi) is 11.1. The summed E-state index contributed by atoms with van der Waals surface area (Å²) in [5, 5.41) is 3.42. The first kappa shape index (κ1) is 36.0. The molecule has 5 heteroatoms. The van der Waals surface area contributed by atoms with E-state index in [0.29, 0.717) is 0 Å². The van der Waals surface area contributed by atoms with Gasteiger partial charge in [-0.25, -0.2) is 9.97 Å². The van der Waals surface area contributed by atoms with E-state index in [-0.39, 0.29) is 0 Å². The zero-order chi connectivity index (χ0) is 35.5. The molecule has 0 aliphatic carbocycles. The Morgan fingerprint density at radius 1 is 0.510 bits per heavy atom. The third-order valence-electron chi connectivity index (χ3n) is 11.2. The van der Waals surface area contributed by atoms with Gasteiger partial charge in [0.15, 0.2) is 0 Å². The maximum absolute atomic E-state index is 5.35. The van der Waals surface area contributed by atoms with Crippen LogP contribution in [-0.2, 0) is 12.8 Å². The molecular weight excluding hydrogens is 673 g/mol. The molecule has 3 aromatic carbocycles. The third-order valence-corrected chi connectivity index (χ3v) is 18.7. The van der Waals surface area contributed by atoms with E-state index < -0.39 is 8.07 Å². The van der Waals surface area contributed by atoms with Crippen LogP contribution >= 0.6 is 22.7 Å². The van der Waals surface area contributed by atoms with Crippen LogP contribution in [0.5, 0.6) is 0 Å². The van der Waals surface area contributed by atoms with Crippen molar-refractivity contribution in [2.45, 2.75) is 118 Å². The van der Waals surface area contributed by atoms with Crippen LogP contribution in [0.2, 0.25) is 12.1 Å². The first-order valence-electron chi connectivity index (χ1n) is 19.7. The number of rotatable bonds is 15. The molecule has 0 saturated heterocycles. The Bertz CT molecular complexity index is 2140. The molecule has 51 heavy (non-hydrogen) atoms. The lowest BCUT2D eigenvalue weighted by atomic mass is 10.0. The first-order valence-corrected chi connectivity index (χ1v) is 23.7. The number of benzene rings is 3. The Balaban J connectivity index is 1.32. The van der Waals surface area contributed by atoms with Crippen molar-refractivity contribution in [3.63, 3.8) is 0 Å². The van der Waals surface area contributed by atoms with Crippen LogP contribution in [0.3, 0.4) is 0 Å². The summed E-state index contributed by atoms with van der Waals surface area (Å²) in [5.74, 6) is 0. The minimum absolute atomic E-state index is 0.892. The average molecular weight is 727 g/mol. The van der Waals surface area contributed by atoms with Gasteiger partial charge in [-0.05, 0) is 90.1 Å². The van der Waals surface area contributed by atoms with Crippen LogP contribution in [-0.4, -0.2) is 18.0 Å². The Labute approximate surface area is 315 Å². The fraction of sp³-hybridized carbons (Fsp3) is 0.391. The van der Waals surface area contributed by atoms with Crippen LogP contribution in [0.4, 0.5) is 0 Å². The Morgan fingerprint density at radius 3 is 1.61 bits per heavy atom. The monoisotopic (exact) mass is 726 g/mol. The molecule has 0 radical (unpaired) electrons. The topological polar surface area (TPSA) is 25.8 Å². The first-order chi connectivity index (χ1) is 24.9. The van der Waals surface area contributed by atoms with Crippen LogP contribution in [0.15, 0.2) is 72.8 Å². The SMILES string of the molecule is CCCCCC[Si]1(CCCCCC)c2cc(C)ccc2-c2ccc(-c3ccc(-c4ccc(-c5ccc(C)s5)c5nc(CC)c(CC)nc45)s3)cc21. The molecule has 1 aliphatic rings. The number of aromatic nitrogens is 2. The summed E-state index contributed by atoms with van der Waals surface area (Å²) in [7, 11) is -1.93. The van der Waals surface area contributed by atoms with Gasteiger partial charge in [-0.15, -0.1) is 22.7 Å². The van der Waals surface area contributed by atoms with Gasteiger partial charge >= 0.3 is 0 Å². The second-order valence-electron chi connectivity index (χ2n) is 14.8. The fourth-order valence-corrected chi connectivity index (χ4v) is 16.2. The number of hydrogen-bond acceptors (Lipinski definition) is 4. The molecule has 4 heterocycles. The highest BCUT2D eigenvalue weighted by Gasteiger charge is 2.44. The van der Waals surface area contributed by atoms with E-state index in [1.165, 1.54) is 116 Å². The number of aryl methyl sites for hydroxylation is 4. The molecule has 2 nitrogen and oxygen atoms in total. The quantitative estimate of drug-likeness (QED) is 0.0778. The molecule has 3 aromatic heterocycles. The van der Waals surface area contributed by atoms with Crippen molar-refractivity contribution in [1.82, 2.24) is 9.97 Å². The Hall–Kier alpha value is -3.38.